The van der Waals surface area contributed by atoms with E-state index in [1.165, 1.54) is 0 Å². The highest BCUT2D eigenvalue weighted by Crippen LogP contribution is 2.38. The SMILES string of the molecule is C=N/C=C(\C=NCCC(CCNC)C1Cc2nnc(-c3ccccc3O)cc2N1CC)C1=NCC(C(C=O)C(C)C)=C1. The first kappa shape index (κ1) is 31.0. The van der Waals surface area contributed by atoms with Gasteiger partial charge in [-0.2, -0.15) is 5.10 Å². The minimum atomic E-state index is -0.134. The zero-order chi connectivity index (χ0) is 30.1. The maximum atomic E-state index is 11.6. The highest BCUT2D eigenvalue weighted by Gasteiger charge is 2.35. The van der Waals surface area contributed by atoms with Gasteiger partial charge < -0.3 is 20.1 Å². The molecule has 0 saturated carbocycles. The van der Waals surface area contributed by atoms with E-state index in [0.717, 1.165) is 66.9 Å². The van der Waals surface area contributed by atoms with E-state index in [2.05, 4.69) is 50.1 Å². The van der Waals surface area contributed by atoms with Crippen LogP contribution >= 0.6 is 0 Å². The van der Waals surface area contributed by atoms with E-state index in [0.29, 0.717) is 30.3 Å². The van der Waals surface area contributed by atoms with Crippen LogP contribution in [0.3, 0.4) is 0 Å². The molecule has 1 aromatic heterocycles. The number of benzene rings is 1. The maximum Gasteiger partial charge on any atom is 0.127 e. The molecule has 3 unspecified atom stereocenters. The van der Waals surface area contributed by atoms with Gasteiger partial charge in [0.1, 0.15) is 12.0 Å². The number of aromatic hydroxyl groups is 1. The Morgan fingerprint density at radius 2 is 2.07 bits per heavy atom. The molecule has 0 amide bonds. The van der Waals surface area contributed by atoms with Crippen molar-refractivity contribution in [3.63, 3.8) is 0 Å². The second kappa shape index (κ2) is 14.8. The van der Waals surface area contributed by atoms with Crippen LogP contribution < -0.4 is 10.2 Å². The van der Waals surface area contributed by atoms with E-state index < -0.39 is 0 Å². The number of aliphatic imine (C=N–C) groups is 3. The molecule has 3 atom stereocenters. The van der Waals surface area contributed by atoms with Crippen LogP contribution in [0.1, 0.15) is 39.3 Å². The molecule has 0 aliphatic carbocycles. The Hall–Kier alpha value is -3.98. The first-order valence-corrected chi connectivity index (χ1v) is 14.8. The fourth-order valence-corrected chi connectivity index (χ4v) is 5.95. The highest BCUT2D eigenvalue weighted by atomic mass is 16.3. The molecule has 3 heterocycles. The molecule has 4 rings (SSSR count). The number of aldehydes is 1. The predicted octanol–water partition coefficient (Wildman–Crippen LogP) is 4.72. The normalized spacial score (nSPS) is 18.3. The van der Waals surface area contributed by atoms with Gasteiger partial charge in [-0.15, -0.1) is 5.10 Å². The second-order valence-electron chi connectivity index (χ2n) is 11.2. The number of hydrogen-bond acceptors (Lipinski definition) is 9. The third kappa shape index (κ3) is 7.07. The molecule has 0 fully saturated rings. The molecule has 0 spiro atoms. The van der Waals surface area contributed by atoms with E-state index in [-0.39, 0.29) is 23.6 Å². The number of nitrogens with zero attached hydrogens (tertiary/aromatic N) is 6. The smallest absolute Gasteiger partial charge is 0.127 e. The van der Waals surface area contributed by atoms with Gasteiger partial charge in [0, 0.05) is 55.0 Å². The molecule has 42 heavy (non-hydrogen) atoms. The molecular formula is C33H43N7O2. The van der Waals surface area contributed by atoms with Crippen LogP contribution in [0.5, 0.6) is 5.75 Å². The summed E-state index contributed by atoms with van der Waals surface area (Å²) in [5, 5.41) is 22.7. The van der Waals surface area contributed by atoms with Crippen LogP contribution in [0.2, 0.25) is 0 Å². The number of carbonyl (C=O) groups excluding carboxylic acids is 1. The molecule has 2 N–H and O–H groups in total. The number of nitrogens with one attached hydrogen (secondary N) is 1. The Labute approximate surface area is 249 Å². The lowest BCUT2D eigenvalue weighted by molar-refractivity contribution is -0.111. The number of rotatable bonds is 15. The van der Waals surface area contributed by atoms with Gasteiger partial charge in [-0.05, 0) is 81.8 Å². The second-order valence-corrected chi connectivity index (χ2v) is 11.2. The largest absolute Gasteiger partial charge is 0.507 e. The summed E-state index contributed by atoms with van der Waals surface area (Å²) in [6.45, 7) is 12.8. The maximum absolute atomic E-state index is 11.6. The highest BCUT2D eigenvalue weighted by molar-refractivity contribution is 6.22. The topological polar surface area (TPSA) is 115 Å². The van der Waals surface area contributed by atoms with Gasteiger partial charge in [0.2, 0.25) is 0 Å². The van der Waals surface area contributed by atoms with E-state index in [1.54, 1.807) is 18.3 Å². The van der Waals surface area contributed by atoms with Crippen molar-refractivity contribution in [1.29, 1.82) is 0 Å². The molecule has 9 nitrogen and oxygen atoms in total. The van der Waals surface area contributed by atoms with Crippen LogP contribution in [-0.4, -0.2) is 79.5 Å². The van der Waals surface area contributed by atoms with Crippen LogP contribution in [0.15, 0.2) is 68.7 Å². The number of phenolic OH excluding ortho intramolecular Hbond substituents is 1. The number of likely N-dealkylation sites (N-methyl/N-ethyl adjacent to an activating group) is 1. The van der Waals surface area contributed by atoms with E-state index in [9.17, 15) is 9.90 Å². The van der Waals surface area contributed by atoms with E-state index >= 15 is 0 Å². The van der Waals surface area contributed by atoms with Crippen molar-refractivity contribution in [2.75, 3.05) is 38.1 Å². The summed E-state index contributed by atoms with van der Waals surface area (Å²) in [5.41, 5.74) is 6.08. The van der Waals surface area contributed by atoms with Gasteiger partial charge in [0.15, 0.2) is 0 Å². The minimum absolute atomic E-state index is 0.134. The van der Waals surface area contributed by atoms with Crippen molar-refractivity contribution in [2.24, 2.45) is 32.7 Å². The summed E-state index contributed by atoms with van der Waals surface area (Å²) in [6.07, 6.45) is 9.28. The lowest BCUT2D eigenvalue weighted by Crippen LogP contribution is -2.39. The average Bonchev–Trinajstić information content (AvgIpc) is 3.61. The lowest BCUT2D eigenvalue weighted by Gasteiger charge is -2.32. The number of hydrogen-bond donors (Lipinski definition) is 2. The van der Waals surface area contributed by atoms with Crippen molar-refractivity contribution in [3.05, 3.63) is 59.4 Å². The van der Waals surface area contributed by atoms with Crippen LogP contribution in [-0.2, 0) is 11.2 Å². The lowest BCUT2D eigenvalue weighted by atomic mass is 9.89. The van der Waals surface area contributed by atoms with Gasteiger partial charge in [0.05, 0.1) is 29.3 Å². The standard InChI is InChI=1S/C33H43N7O2/c1-6-40-31(17-30-32(40)16-29(38-39-30)26-9-7-8-10-33(26)42)23(11-13-34-4)12-14-36-19-25(18-35-5)28-15-24(20-37-28)27(21-41)22(2)3/h7-10,15-16,18-19,21-23,27,31,34,42H,5-6,11-14,17,20H2,1-4H3/b25-18+,36-19?. The Kier molecular flexibility index (Phi) is 10.9. The third-order valence-electron chi connectivity index (χ3n) is 8.22. The summed E-state index contributed by atoms with van der Waals surface area (Å²) >= 11 is 0. The fraction of sp³-hybridized carbons (Fsp3) is 0.455. The Bertz CT molecular complexity index is 1380. The first-order chi connectivity index (χ1) is 20.4. The zero-order valence-corrected chi connectivity index (χ0v) is 25.2. The first-order valence-electron chi connectivity index (χ1n) is 14.8. The van der Waals surface area contributed by atoms with Gasteiger partial charge in [0.25, 0.3) is 0 Å². The quantitative estimate of drug-likeness (QED) is 0.237. The van der Waals surface area contributed by atoms with Crippen molar-refractivity contribution < 1.29 is 9.90 Å². The monoisotopic (exact) mass is 569 g/mol. The van der Waals surface area contributed by atoms with Gasteiger partial charge in [-0.1, -0.05) is 26.0 Å². The van der Waals surface area contributed by atoms with E-state index in [4.69, 9.17) is 4.99 Å². The van der Waals surface area contributed by atoms with Gasteiger partial charge in [-0.25, -0.2) is 0 Å². The average molecular weight is 570 g/mol. The number of carbonyl (C=O) groups is 1. The molecule has 9 heteroatoms. The molecule has 0 radical (unpaired) electrons. The summed E-state index contributed by atoms with van der Waals surface area (Å²) in [4.78, 5) is 27.5. The van der Waals surface area contributed by atoms with Crippen LogP contribution in [0.25, 0.3) is 11.3 Å². The van der Waals surface area contributed by atoms with Gasteiger partial charge in [-0.3, -0.25) is 15.0 Å². The summed E-state index contributed by atoms with van der Waals surface area (Å²) in [6, 6.07) is 9.59. The molecule has 0 saturated heterocycles. The molecule has 1 aromatic carbocycles. The number of fused-ring (bicyclic) bond motifs is 1. The summed E-state index contributed by atoms with van der Waals surface area (Å²) < 4.78 is 0. The molecule has 222 valence electrons. The molecule has 2 aliphatic heterocycles. The number of phenols is 1. The number of para-hydroxylation sites is 1. The number of aromatic nitrogens is 2. The Morgan fingerprint density at radius 3 is 2.76 bits per heavy atom. The zero-order valence-electron chi connectivity index (χ0n) is 25.2. The third-order valence-corrected chi connectivity index (χ3v) is 8.22. The molecular weight excluding hydrogens is 526 g/mol. The Balaban J connectivity index is 1.47. The molecule has 2 aliphatic rings. The minimum Gasteiger partial charge on any atom is -0.507 e. The molecule has 2 aromatic rings. The van der Waals surface area contributed by atoms with Crippen molar-refractivity contribution in [3.8, 4) is 17.0 Å². The predicted molar refractivity (Wildman–Crippen MR) is 172 cm³/mol. The van der Waals surface area contributed by atoms with Crippen molar-refractivity contribution >= 4 is 30.6 Å². The van der Waals surface area contributed by atoms with Crippen LogP contribution in [0, 0.1) is 17.8 Å². The van der Waals surface area contributed by atoms with Crippen molar-refractivity contribution in [2.45, 2.75) is 46.1 Å². The number of allylic oxidation sites excluding steroid dienone is 2. The fourth-order valence-electron chi connectivity index (χ4n) is 5.95. The summed E-state index contributed by atoms with van der Waals surface area (Å²) in [7, 11) is 1.98. The Morgan fingerprint density at radius 1 is 1.26 bits per heavy atom. The number of anilines is 1. The van der Waals surface area contributed by atoms with E-state index in [1.807, 2.05) is 45.3 Å². The van der Waals surface area contributed by atoms with Crippen LogP contribution in [0.4, 0.5) is 5.69 Å². The van der Waals surface area contributed by atoms with Crippen molar-refractivity contribution in [1.82, 2.24) is 15.5 Å². The summed E-state index contributed by atoms with van der Waals surface area (Å²) in [5.74, 6) is 0.680. The molecule has 0 bridgehead atoms. The van der Waals surface area contributed by atoms with Gasteiger partial charge >= 0.3 is 0 Å².